The van der Waals surface area contributed by atoms with Gasteiger partial charge in [-0.25, -0.2) is 9.97 Å². The predicted molar refractivity (Wildman–Crippen MR) is 224 cm³/mol. The van der Waals surface area contributed by atoms with Crippen LogP contribution in [0.15, 0.2) is 164 Å². The number of imidazole rings is 1. The molecule has 0 amide bonds. The van der Waals surface area contributed by atoms with E-state index in [1.807, 2.05) is 0 Å². The molecule has 0 unspecified atom stereocenters. The molecular formula is C51H32N4. The minimum absolute atomic E-state index is 0.368. The van der Waals surface area contributed by atoms with Crippen molar-refractivity contribution in [2.24, 2.45) is 0 Å². The lowest BCUT2D eigenvalue weighted by Gasteiger charge is -2.31. The zero-order valence-corrected chi connectivity index (χ0v) is 29.9. The van der Waals surface area contributed by atoms with Crippen LogP contribution in [0.4, 0.5) is 0 Å². The lowest BCUT2D eigenvalue weighted by atomic mass is 9.70. The van der Waals surface area contributed by atoms with Crippen LogP contribution >= 0.6 is 0 Å². The fourth-order valence-corrected chi connectivity index (χ4v) is 10.5. The summed E-state index contributed by atoms with van der Waals surface area (Å²) in [5.74, 6) is 0.861. The summed E-state index contributed by atoms with van der Waals surface area (Å²) in [6, 6.07) is 60.1. The molecule has 13 rings (SSSR count). The molecule has 3 aliphatic rings. The molecule has 0 N–H and O–H groups in total. The quantitative estimate of drug-likeness (QED) is 0.180. The fourth-order valence-electron chi connectivity index (χ4n) is 10.5. The largest absolute Gasteiger partial charge is 0.279 e. The van der Waals surface area contributed by atoms with Crippen LogP contribution in [0.1, 0.15) is 45.5 Å². The molecule has 0 atom stereocenters. The summed E-state index contributed by atoms with van der Waals surface area (Å²) >= 11 is 0. The number of hydrogen-bond acceptors (Lipinski definition) is 2. The molecule has 0 aliphatic heterocycles. The Morgan fingerprint density at radius 3 is 1.78 bits per heavy atom. The predicted octanol–water partition coefficient (Wildman–Crippen LogP) is 11.8. The number of hydrogen-bond donors (Lipinski definition) is 0. The van der Waals surface area contributed by atoms with Crippen molar-refractivity contribution in [1.29, 1.82) is 0 Å². The monoisotopic (exact) mass is 700 g/mol. The topological polar surface area (TPSA) is 35.1 Å². The standard InChI is InChI=1S/C51H32N4/c1-6-18-40-33(13-1)34-14-2-7-19-41(34)51(40)42-20-8-3-15-35(42)36-27-25-31(29-43(36)51)32-26-28-38-37-16-5-11-23-46(37)54(48(38)30-32)50-53-44-21-9-4-17-39(44)49-52-45-22-10-12-24-47(45)55(49)50/h1-25,27,29-30H,26,28H2. The second-order valence-electron chi connectivity index (χ2n) is 15.2. The van der Waals surface area contributed by atoms with Crippen LogP contribution in [0.25, 0.3) is 78.3 Å². The molecule has 0 saturated carbocycles. The van der Waals surface area contributed by atoms with E-state index >= 15 is 0 Å². The highest BCUT2D eigenvalue weighted by atomic mass is 15.2. The van der Waals surface area contributed by atoms with E-state index in [1.165, 1.54) is 72.3 Å². The van der Waals surface area contributed by atoms with Gasteiger partial charge in [0.05, 0.1) is 33.2 Å². The third kappa shape index (κ3) is 3.66. The highest BCUT2D eigenvalue weighted by Crippen LogP contribution is 2.63. The number of allylic oxidation sites excluding steroid dienone is 1. The molecular weight excluding hydrogens is 669 g/mol. The molecule has 7 aromatic carbocycles. The zero-order chi connectivity index (χ0) is 35.8. The molecule has 0 fully saturated rings. The minimum Gasteiger partial charge on any atom is -0.279 e. The van der Waals surface area contributed by atoms with Crippen molar-refractivity contribution < 1.29 is 0 Å². The number of fused-ring (bicyclic) bond motifs is 18. The Balaban J connectivity index is 1.08. The van der Waals surface area contributed by atoms with Gasteiger partial charge in [-0.05, 0) is 117 Å². The number of rotatable bonds is 2. The van der Waals surface area contributed by atoms with Crippen molar-refractivity contribution in [2.45, 2.75) is 18.3 Å². The van der Waals surface area contributed by atoms with E-state index in [9.17, 15) is 0 Å². The Morgan fingerprint density at radius 1 is 0.473 bits per heavy atom. The summed E-state index contributed by atoms with van der Waals surface area (Å²) in [7, 11) is 0. The van der Waals surface area contributed by atoms with E-state index in [1.54, 1.807) is 0 Å². The summed E-state index contributed by atoms with van der Waals surface area (Å²) in [6.45, 7) is 0. The van der Waals surface area contributed by atoms with Crippen molar-refractivity contribution in [1.82, 2.24) is 18.9 Å². The molecule has 55 heavy (non-hydrogen) atoms. The molecule has 3 aromatic heterocycles. The van der Waals surface area contributed by atoms with Crippen LogP contribution in [-0.4, -0.2) is 18.9 Å². The van der Waals surface area contributed by atoms with Gasteiger partial charge in [-0.3, -0.25) is 8.97 Å². The van der Waals surface area contributed by atoms with Gasteiger partial charge in [0.15, 0.2) is 0 Å². The third-order valence-corrected chi connectivity index (χ3v) is 12.7. The SMILES string of the molecule is C1=C(c2ccc3c(c2)C2(c4ccccc4-c4ccccc42)c2ccccc2-3)CCc2c1n(-c1nc3ccccc3c3nc4ccccc4n13)c1ccccc21. The second kappa shape index (κ2) is 10.6. The van der Waals surface area contributed by atoms with Crippen molar-refractivity contribution in [2.75, 3.05) is 0 Å². The van der Waals surface area contributed by atoms with Gasteiger partial charge in [0.25, 0.3) is 0 Å². The van der Waals surface area contributed by atoms with E-state index in [0.717, 1.165) is 51.9 Å². The zero-order valence-electron chi connectivity index (χ0n) is 29.9. The van der Waals surface area contributed by atoms with Crippen molar-refractivity contribution >= 4 is 50.1 Å². The van der Waals surface area contributed by atoms with Gasteiger partial charge in [0, 0.05) is 10.8 Å². The molecule has 0 saturated heterocycles. The lowest BCUT2D eigenvalue weighted by Crippen LogP contribution is -2.26. The van der Waals surface area contributed by atoms with E-state index in [-0.39, 0.29) is 5.41 Å². The first-order valence-corrected chi connectivity index (χ1v) is 19.2. The summed E-state index contributed by atoms with van der Waals surface area (Å²) in [4.78, 5) is 10.6. The van der Waals surface area contributed by atoms with Crippen molar-refractivity contribution in [3.8, 4) is 28.2 Å². The van der Waals surface area contributed by atoms with Gasteiger partial charge in [0.2, 0.25) is 5.95 Å². The molecule has 10 aromatic rings. The smallest absolute Gasteiger partial charge is 0.221 e. The maximum Gasteiger partial charge on any atom is 0.221 e. The summed E-state index contributed by atoms with van der Waals surface area (Å²) in [5, 5.41) is 2.33. The number of benzene rings is 7. The third-order valence-electron chi connectivity index (χ3n) is 12.7. The van der Waals surface area contributed by atoms with Crippen molar-refractivity contribution in [3.63, 3.8) is 0 Å². The Bertz CT molecular complexity index is 3270. The van der Waals surface area contributed by atoms with E-state index in [0.29, 0.717) is 0 Å². The Labute approximate surface area is 317 Å². The first-order chi connectivity index (χ1) is 27.3. The summed E-state index contributed by atoms with van der Waals surface area (Å²) in [5.41, 5.74) is 20.7. The maximum atomic E-state index is 5.44. The van der Waals surface area contributed by atoms with Gasteiger partial charge < -0.3 is 0 Å². The average Bonchev–Trinajstić information content (AvgIpc) is 3.97. The molecule has 4 heteroatoms. The Morgan fingerprint density at radius 2 is 1.05 bits per heavy atom. The minimum atomic E-state index is -0.368. The van der Waals surface area contributed by atoms with E-state index in [4.69, 9.17) is 9.97 Å². The molecule has 3 heterocycles. The van der Waals surface area contributed by atoms with E-state index in [2.05, 4.69) is 179 Å². The normalized spacial score (nSPS) is 14.7. The number of aromatic nitrogens is 4. The second-order valence-corrected chi connectivity index (χ2v) is 15.2. The number of para-hydroxylation sites is 4. The van der Waals surface area contributed by atoms with Gasteiger partial charge in [0.1, 0.15) is 5.65 Å². The molecule has 4 nitrogen and oxygen atoms in total. The molecule has 256 valence electrons. The Hall–Kier alpha value is -7.04. The highest BCUT2D eigenvalue weighted by Gasteiger charge is 2.51. The molecule has 0 bridgehead atoms. The van der Waals surface area contributed by atoms with E-state index < -0.39 is 0 Å². The van der Waals surface area contributed by atoms with Gasteiger partial charge in [-0.15, -0.1) is 0 Å². The lowest BCUT2D eigenvalue weighted by molar-refractivity contribution is 0.793. The maximum absolute atomic E-state index is 5.44. The van der Waals surface area contributed by atoms with Crippen LogP contribution in [0, 0.1) is 0 Å². The van der Waals surface area contributed by atoms with Crippen LogP contribution in [0.5, 0.6) is 0 Å². The van der Waals surface area contributed by atoms with Crippen LogP contribution < -0.4 is 0 Å². The summed E-state index contributed by atoms with van der Waals surface area (Å²) in [6.07, 6.45) is 4.36. The first-order valence-electron chi connectivity index (χ1n) is 19.2. The van der Waals surface area contributed by atoms with Crippen LogP contribution in [0.2, 0.25) is 0 Å². The van der Waals surface area contributed by atoms with Gasteiger partial charge in [-0.1, -0.05) is 127 Å². The first kappa shape index (κ1) is 29.4. The molecule has 3 aliphatic carbocycles. The van der Waals surface area contributed by atoms with Gasteiger partial charge >= 0.3 is 0 Å². The highest BCUT2D eigenvalue weighted by molar-refractivity contribution is 6.01. The van der Waals surface area contributed by atoms with Crippen molar-refractivity contribution in [3.05, 3.63) is 203 Å². The number of nitrogens with zero attached hydrogens (tertiary/aromatic N) is 4. The van der Waals surface area contributed by atoms with Gasteiger partial charge in [-0.2, -0.15) is 0 Å². The molecule has 1 spiro atoms. The molecule has 0 radical (unpaired) electrons. The Kier molecular flexibility index (Phi) is 5.64. The summed E-state index contributed by atoms with van der Waals surface area (Å²) < 4.78 is 4.66. The van der Waals surface area contributed by atoms with Crippen LogP contribution in [0.3, 0.4) is 0 Å². The average molecular weight is 701 g/mol. The fraction of sp³-hybridized carbons (Fsp3) is 0.0588. The number of aryl methyl sites for hydroxylation is 1. The van der Waals surface area contributed by atoms with Crippen LogP contribution in [-0.2, 0) is 11.8 Å².